The number of likely N-dealkylation sites (tertiary alicyclic amines) is 1. The van der Waals surface area contributed by atoms with E-state index in [0.29, 0.717) is 12.1 Å². The molecule has 146 valence electrons. The zero-order valence-corrected chi connectivity index (χ0v) is 16.9. The van der Waals surface area contributed by atoms with Crippen molar-refractivity contribution in [2.75, 3.05) is 13.1 Å². The van der Waals surface area contributed by atoms with E-state index in [9.17, 15) is 4.79 Å². The number of fused-ring (bicyclic) bond motifs is 1. The van der Waals surface area contributed by atoms with E-state index in [1.54, 1.807) is 17.7 Å². The number of nitrogens with zero attached hydrogens (tertiary/aromatic N) is 4. The van der Waals surface area contributed by atoms with Crippen molar-refractivity contribution in [1.82, 2.24) is 24.8 Å². The number of nitrogens with one attached hydrogen (secondary N) is 1. The first-order valence-corrected chi connectivity index (χ1v) is 10.7. The van der Waals surface area contributed by atoms with Crippen LogP contribution in [0, 0.1) is 6.92 Å². The second kappa shape index (κ2) is 7.40. The number of piperidine rings is 1. The van der Waals surface area contributed by atoms with Gasteiger partial charge in [0.25, 0.3) is 5.91 Å². The summed E-state index contributed by atoms with van der Waals surface area (Å²) in [5.74, 6) is 1.05. The lowest BCUT2D eigenvalue weighted by atomic mass is 9.96. The van der Waals surface area contributed by atoms with Gasteiger partial charge in [-0.3, -0.25) is 4.79 Å². The maximum absolute atomic E-state index is 13.1. The molecule has 1 N–H and O–H groups in total. The van der Waals surface area contributed by atoms with Crippen molar-refractivity contribution < 1.29 is 4.79 Å². The van der Waals surface area contributed by atoms with Crippen LogP contribution in [-0.4, -0.2) is 43.8 Å². The first-order valence-electron chi connectivity index (χ1n) is 9.79. The molecule has 1 fully saturated rings. The molecule has 1 aliphatic rings. The number of benzene rings is 1. The average Bonchev–Trinajstić information content (AvgIpc) is 3.44. The second-order valence-electron chi connectivity index (χ2n) is 7.45. The molecule has 5 rings (SSSR count). The highest BCUT2D eigenvalue weighted by Crippen LogP contribution is 2.29. The molecule has 4 aromatic rings. The molecule has 29 heavy (non-hydrogen) atoms. The minimum atomic E-state index is 0.0531. The third-order valence-corrected chi connectivity index (χ3v) is 6.28. The predicted octanol–water partition coefficient (Wildman–Crippen LogP) is 4.41. The van der Waals surface area contributed by atoms with E-state index >= 15 is 0 Å². The van der Waals surface area contributed by atoms with Crippen LogP contribution >= 0.6 is 11.3 Å². The lowest BCUT2D eigenvalue weighted by Crippen LogP contribution is -2.39. The molecule has 0 bridgehead atoms. The minimum Gasteiger partial charge on any atom is -0.345 e. The molecule has 4 heterocycles. The summed E-state index contributed by atoms with van der Waals surface area (Å²) in [5, 5.41) is 2.06. The van der Waals surface area contributed by atoms with Gasteiger partial charge in [-0.2, -0.15) is 0 Å². The van der Waals surface area contributed by atoms with Gasteiger partial charge < -0.3 is 9.88 Å². The Hall–Kier alpha value is -3.06. The number of H-pyrrole nitrogens is 1. The van der Waals surface area contributed by atoms with Crippen LogP contribution in [0.25, 0.3) is 21.6 Å². The maximum atomic E-state index is 13.1. The topological polar surface area (TPSA) is 74.8 Å². The van der Waals surface area contributed by atoms with Gasteiger partial charge in [-0.1, -0.05) is 6.07 Å². The van der Waals surface area contributed by atoms with Crippen LogP contribution in [0.5, 0.6) is 0 Å². The Labute approximate surface area is 172 Å². The van der Waals surface area contributed by atoms with Gasteiger partial charge in [0.2, 0.25) is 0 Å². The fourth-order valence-corrected chi connectivity index (χ4v) is 4.63. The normalized spacial score (nSPS) is 17.0. The Kier molecular flexibility index (Phi) is 4.60. The fourth-order valence-electron chi connectivity index (χ4n) is 3.95. The summed E-state index contributed by atoms with van der Waals surface area (Å²) >= 11 is 1.68. The van der Waals surface area contributed by atoms with Gasteiger partial charge in [-0.25, -0.2) is 15.0 Å². The summed E-state index contributed by atoms with van der Waals surface area (Å²) in [5.41, 5.74) is 4.37. The highest BCUT2D eigenvalue weighted by Gasteiger charge is 2.28. The van der Waals surface area contributed by atoms with Crippen molar-refractivity contribution in [3.05, 3.63) is 65.2 Å². The molecule has 0 radical (unpaired) electrons. The van der Waals surface area contributed by atoms with Crippen LogP contribution in [-0.2, 0) is 0 Å². The van der Waals surface area contributed by atoms with Crippen molar-refractivity contribution in [1.29, 1.82) is 0 Å². The van der Waals surface area contributed by atoms with E-state index < -0.39 is 0 Å². The molecule has 0 saturated carbocycles. The summed E-state index contributed by atoms with van der Waals surface area (Å²) in [7, 11) is 0. The fraction of sp³-hybridized carbons (Fsp3) is 0.273. The molecule has 1 amide bonds. The Balaban J connectivity index is 1.40. The van der Waals surface area contributed by atoms with Crippen molar-refractivity contribution in [3.8, 4) is 10.6 Å². The SMILES string of the molecule is Cc1cc(-c2cccs2)nc([C@H]2CCCN(C(=O)c3ccc4nc[nH]c4c3)C2)n1. The number of hydrogen-bond acceptors (Lipinski definition) is 5. The first-order chi connectivity index (χ1) is 14.2. The van der Waals surface area contributed by atoms with Crippen molar-refractivity contribution in [2.45, 2.75) is 25.7 Å². The molecule has 7 heteroatoms. The molecule has 0 aliphatic carbocycles. The van der Waals surface area contributed by atoms with E-state index in [0.717, 1.165) is 52.5 Å². The quantitative estimate of drug-likeness (QED) is 0.550. The van der Waals surface area contributed by atoms with Gasteiger partial charge in [0.15, 0.2) is 0 Å². The van der Waals surface area contributed by atoms with E-state index in [4.69, 9.17) is 9.97 Å². The van der Waals surface area contributed by atoms with Crippen LogP contribution in [0.15, 0.2) is 48.1 Å². The molecule has 0 spiro atoms. The molecular formula is C22H21N5OS. The number of carbonyl (C=O) groups excluding carboxylic acids is 1. The first kappa shape index (κ1) is 18.0. The van der Waals surface area contributed by atoms with Crippen molar-refractivity contribution in [3.63, 3.8) is 0 Å². The Morgan fingerprint density at radius 2 is 2.17 bits per heavy atom. The summed E-state index contributed by atoms with van der Waals surface area (Å²) in [6.45, 7) is 3.42. The Bertz CT molecular complexity index is 1170. The number of thiophene rings is 1. The third-order valence-electron chi connectivity index (χ3n) is 5.39. The number of imidazole rings is 1. The molecule has 1 saturated heterocycles. The largest absolute Gasteiger partial charge is 0.345 e. The van der Waals surface area contributed by atoms with Crippen LogP contribution in [0.1, 0.15) is 40.6 Å². The van der Waals surface area contributed by atoms with Crippen LogP contribution < -0.4 is 0 Å². The number of amides is 1. The zero-order chi connectivity index (χ0) is 19.8. The number of aromatic amines is 1. The molecule has 6 nitrogen and oxygen atoms in total. The highest BCUT2D eigenvalue weighted by atomic mass is 32.1. The van der Waals surface area contributed by atoms with E-state index in [1.165, 1.54) is 0 Å². The lowest BCUT2D eigenvalue weighted by molar-refractivity contribution is 0.0704. The molecule has 1 atom stereocenters. The number of aromatic nitrogens is 4. The van der Waals surface area contributed by atoms with Crippen molar-refractivity contribution in [2.24, 2.45) is 0 Å². The van der Waals surface area contributed by atoms with Gasteiger partial charge >= 0.3 is 0 Å². The smallest absolute Gasteiger partial charge is 0.253 e. The van der Waals surface area contributed by atoms with Crippen LogP contribution in [0.2, 0.25) is 0 Å². The minimum absolute atomic E-state index is 0.0531. The van der Waals surface area contributed by atoms with E-state index in [-0.39, 0.29) is 11.8 Å². The summed E-state index contributed by atoms with van der Waals surface area (Å²) in [6.07, 6.45) is 3.60. The summed E-state index contributed by atoms with van der Waals surface area (Å²) in [4.78, 5) is 33.1. The second-order valence-corrected chi connectivity index (χ2v) is 8.40. The monoisotopic (exact) mass is 403 g/mol. The van der Waals surface area contributed by atoms with Gasteiger partial charge in [-0.05, 0) is 55.5 Å². The molecule has 0 unspecified atom stereocenters. The third kappa shape index (κ3) is 3.53. The van der Waals surface area contributed by atoms with Gasteiger partial charge in [0.1, 0.15) is 5.82 Å². The zero-order valence-electron chi connectivity index (χ0n) is 16.1. The van der Waals surface area contributed by atoms with Gasteiger partial charge in [0.05, 0.1) is 27.9 Å². The molecular weight excluding hydrogens is 382 g/mol. The van der Waals surface area contributed by atoms with E-state index in [1.807, 2.05) is 42.2 Å². The lowest BCUT2D eigenvalue weighted by Gasteiger charge is -2.32. The molecule has 1 aliphatic heterocycles. The summed E-state index contributed by atoms with van der Waals surface area (Å²) < 4.78 is 0. The Morgan fingerprint density at radius 1 is 1.24 bits per heavy atom. The van der Waals surface area contributed by atoms with E-state index in [2.05, 4.69) is 21.4 Å². The van der Waals surface area contributed by atoms with Crippen molar-refractivity contribution >= 4 is 28.3 Å². The predicted molar refractivity (Wildman–Crippen MR) is 114 cm³/mol. The summed E-state index contributed by atoms with van der Waals surface area (Å²) in [6, 6.07) is 11.8. The highest BCUT2D eigenvalue weighted by molar-refractivity contribution is 7.13. The number of carbonyl (C=O) groups is 1. The number of aryl methyl sites for hydroxylation is 1. The van der Waals surface area contributed by atoms with Gasteiger partial charge in [0, 0.05) is 30.3 Å². The Morgan fingerprint density at radius 3 is 3.03 bits per heavy atom. The maximum Gasteiger partial charge on any atom is 0.253 e. The molecule has 3 aromatic heterocycles. The van der Waals surface area contributed by atoms with Gasteiger partial charge in [-0.15, -0.1) is 11.3 Å². The average molecular weight is 404 g/mol. The standard InChI is InChI=1S/C22H21N5OS/c1-14-10-19(20-5-3-9-29-20)26-21(25-14)16-4-2-8-27(12-16)22(28)15-6-7-17-18(11-15)24-13-23-17/h3,5-7,9-11,13,16H,2,4,8,12H2,1H3,(H,23,24)/t16-/m0/s1. The molecule has 1 aromatic carbocycles. The van der Waals surface area contributed by atoms with Crippen LogP contribution in [0.3, 0.4) is 0 Å². The number of hydrogen-bond donors (Lipinski definition) is 1. The number of rotatable bonds is 3. The van der Waals surface area contributed by atoms with Crippen LogP contribution in [0.4, 0.5) is 0 Å².